The lowest BCUT2D eigenvalue weighted by molar-refractivity contribution is 0.0696. The summed E-state index contributed by atoms with van der Waals surface area (Å²) < 4.78 is 27.7. The van der Waals surface area contributed by atoms with E-state index < -0.39 is 21.9 Å². The summed E-state index contributed by atoms with van der Waals surface area (Å²) >= 11 is 5.91. The van der Waals surface area contributed by atoms with Gasteiger partial charge in [0.1, 0.15) is 0 Å². The van der Waals surface area contributed by atoms with Crippen LogP contribution in [0.4, 0.5) is 11.4 Å². The SMILES string of the molecule is O=C(O)c1cccc(S(=O)(=O)Nc2ccccc2C(=O)Nc2cccc(Cl)c2)c1. The zero-order valence-electron chi connectivity index (χ0n) is 14.8. The summed E-state index contributed by atoms with van der Waals surface area (Å²) in [5.41, 5.74) is 0.423. The Morgan fingerprint density at radius 1 is 0.897 bits per heavy atom. The Morgan fingerprint density at radius 3 is 2.34 bits per heavy atom. The predicted molar refractivity (Wildman–Crippen MR) is 110 cm³/mol. The van der Waals surface area contributed by atoms with Crippen molar-refractivity contribution in [1.29, 1.82) is 0 Å². The van der Waals surface area contributed by atoms with Crippen molar-refractivity contribution in [2.75, 3.05) is 10.0 Å². The highest BCUT2D eigenvalue weighted by molar-refractivity contribution is 7.92. The van der Waals surface area contributed by atoms with Crippen molar-refractivity contribution in [2.24, 2.45) is 0 Å². The molecule has 0 radical (unpaired) electrons. The van der Waals surface area contributed by atoms with Gasteiger partial charge in [0.05, 0.1) is 21.7 Å². The number of carboxylic acids is 1. The Morgan fingerprint density at radius 2 is 1.62 bits per heavy atom. The first-order valence-electron chi connectivity index (χ1n) is 8.28. The van der Waals surface area contributed by atoms with Gasteiger partial charge in [0.2, 0.25) is 0 Å². The standard InChI is InChI=1S/C20H15ClN2O5S/c21-14-6-4-7-15(12-14)22-19(24)17-9-1-2-10-18(17)23-29(27,28)16-8-3-5-13(11-16)20(25)26/h1-12,23H,(H,22,24)(H,25,26). The zero-order valence-corrected chi connectivity index (χ0v) is 16.4. The van der Waals surface area contributed by atoms with Crippen LogP contribution in [0.15, 0.2) is 77.7 Å². The molecule has 0 bridgehead atoms. The molecule has 1 amide bonds. The van der Waals surface area contributed by atoms with Crippen molar-refractivity contribution in [3.05, 3.63) is 88.9 Å². The van der Waals surface area contributed by atoms with Crippen molar-refractivity contribution in [3.8, 4) is 0 Å². The van der Waals surface area contributed by atoms with E-state index in [1.54, 1.807) is 36.4 Å². The van der Waals surface area contributed by atoms with Crippen LogP contribution in [-0.4, -0.2) is 25.4 Å². The van der Waals surface area contributed by atoms with Crippen LogP contribution in [0.5, 0.6) is 0 Å². The molecule has 7 nitrogen and oxygen atoms in total. The number of anilines is 2. The van der Waals surface area contributed by atoms with Crippen molar-refractivity contribution < 1.29 is 23.1 Å². The largest absolute Gasteiger partial charge is 0.478 e. The number of hydrogen-bond acceptors (Lipinski definition) is 4. The van der Waals surface area contributed by atoms with Crippen LogP contribution >= 0.6 is 11.6 Å². The van der Waals surface area contributed by atoms with E-state index in [0.717, 1.165) is 6.07 Å². The summed E-state index contributed by atoms with van der Waals surface area (Å²) in [6.45, 7) is 0. The molecule has 29 heavy (non-hydrogen) atoms. The van der Waals surface area contributed by atoms with E-state index in [4.69, 9.17) is 16.7 Å². The molecule has 3 rings (SSSR count). The van der Waals surface area contributed by atoms with E-state index in [0.29, 0.717) is 10.7 Å². The molecule has 0 aliphatic carbocycles. The summed E-state index contributed by atoms with van der Waals surface area (Å²) in [5, 5.41) is 12.2. The average molecular weight is 431 g/mol. The summed E-state index contributed by atoms with van der Waals surface area (Å²) in [4.78, 5) is 23.5. The Kier molecular flexibility index (Phi) is 5.86. The molecule has 3 aromatic carbocycles. The van der Waals surface area contributed by atoms with E-state index in [1.807, 2.05) is 0 Å². The number of carbonyl (C=O) groups excluding carboxylic acids is 1. The molecule has 0 aliphatic heterocycles. The molecule has 0 fully saturated rings. The molecule has 0 aliphatic rings. The van der Waals surface area contributed by atoms with Gasteiger partial charge >= 0.3 is 5.97 Å². The molecular weight excluding hydrogens is 416 g/mol. The molecule has 0 saturated heterocycles. The van der Waals surface area contributed by atoms with Crippen LogP contribution < -0.4 is 10.0 Å². The Balaban J connectivity index is 1.89. The smallest absolute Gasteiger partial charge is 0.335 e. The second-order valence-corrected chi connectivity index (χ2v) is 8.07. The van der Waals surface area contributed by atoms with Gasteiger partial charge < -0.3 is 10.4 Å². The first-order chi connectivity index (χ1) is 13.8. The minimum Gasteiger partial charge on any atom is -0.478 e. The molecule has 3 aromatic rings. The minimum absolute atomic E-state index is 0.0488. The van der Waals surface area contributed by atoms with E-state index in [-0.39, 0.29) is 21.7 Å². The van der Waals surface area contributed by atoms with Crippen LogP contribution in [0.25, 0.3) is 0 Å². The highest BCUT2D eigenvalue weighted by Crippen LogP contribution is 2.23. The van der Waals surface area contributed by atoms with Gasteiger partial charge in [-0.25, -0.2) is 13.2 Å². The van der Waals surface area contributed by atoms with Gasteiger partial charge in [0.25, 0.3) is 15.9 Å². The summed E-state index contributed by atoms with van der Waals surface area (Å²) in [6.07, 6.45) is 0. The predicted octanol–water partition coefficient (Wildman–Crippen LogP) is 4.09. The summed E-state index contributed by atoms with van der Waals surface area (Å²) in [7, 11) is -4.12. The van der Waals surface area contributed by atoms with Crippen molar-refractivity contribution >= 4 is 44.9 Å². The molecule has 9 heteroatoms. The second-order valence-electron chi connectivity index (χ2n) is 5.95. The van der Waals surface area contributed by atoms with Crippen LogP contribution in [0.3, 0.4) is 0 Å². The fourth-order valence-corrected chi connectivity index (χ4v) is 3.85. The van der Waals surface area contributed by atoms with E-state index in [1.165, 1.54) is 30.3 Å². The first kappa shape index (κ1) is 20.4. The van der Waals surface area contributed by atoms with Crippen LogP contribution in [0.1, 0.15) is 20.7 Å². The molecular formula is C20H15ClN2O5S. The number of sulfonamides is 1. The monoisotopic (exact) mass is 430 g/mol. The van der Waals surface area contributed by atoms with Gasteiger partial charge in [-0.1, -0.05) is 35.9 Å². The third-order valence-corrected chi connectivity index (χ3v) is 5.49. The van der Waals surface area contributed by atoms with Gasteiger partial charge in [-0.3, -0.25) is 9.52 Å². The fraction of sp³-hybridized carbons (Fsp3) is 0. The maximum atomic E-state index is 12.7. The summed E-state index contributed by atoms with van der Waals surface area (Å²) in [5.74, 6) is -1.78. The number of halogens is 1. The van der Waals surface area contributed by atoms with Crippen LogP contribution in [0.2, 0.25) is 5.02 Å². The maximum absolute atomic E-state index is 12.7. The molecule has 0 heterocycles. The number of hydrogen-bond donors (Lipinski definition) is 3. The van der Waals surface area contributed by atoms with Crippen molar-refractivity contribution in [2.45, 2.75) is 4.90 Å². The fourth-order valence-electron chi connectivity index (χ4n) is 2.53. The molecule has 3 N–H and O–H groups in total. The van der Waals surface area contributed by atoms with Gasteiger partial charge in [-0.2, -0.15) is 0 Å². The quantitative estimate of drug-likeness (QED) is 0.545. The molecule has 0 saturated carbocycles. The highest BCUT2D eigenvalue weighted by atomic mass is 35.5. The van der Waals surface area contributed by atoms with E-state index >= 15 is 0 Å². The van der Waals surface area contributed by atoms with Crippen LogP contribution in [-0.2, 0) is 10.0 Å². The first-order valence-corrected chi connectivity index (χ1v) is 10.1. The van der Waals surface area contributed by atoms with Gasteiger partial charge in [-0.15, -0.1) is 0 Å². The summed E-state index contributed by atoms with van der Waals surface area (Å²) in [6, 6.07) is 17.5. The topological polar surface area (TPSA) is 113 Å². The number of carbonyl (C=O) groups is 2. The number of para-hydroxylation sites is 1. The molecule has 148 valence electrons. The number of nitrogens with one attached hydrogen (secondary N) is 2. The lowest BCUT2D eigenvalue weighted by Gasteiger charge is -2.13. The number of aromatic carboxylic acids is 1. The van der Waals surface area contributed by atoms with Gasteiger partial charge in [0, 0.05) is 10.7 Å². The van der Waals surface area contributed by atoms with E-state index in [2.05, 4.69) is 10.0 Å². The Hall–Kier alpha value is -3.36. The lowest BCUT2D eigenvalue weighted by Crippen LogP contribution is -2.19. The normalized spacial score (nSPS) is 10.9. The Labute approximate surface area is 172 Å². The Bertz CT molecular complexity index is 1190. The van der Waals surface area contributed by atoms with Gasteiger partial charge in [0.15, 0.2) is 0 Å². The molecule has 0 aromatic heterocycles. The van der Waals surface area contributed by atoms with Crippen molar-refractivity contribution in [1.82, 2.24) is 0 Å². The third-order valence-electron chi connectivity index (χ3n) is 3.89. The number of rotatable bonds is 6. The lowest BCUT2D eigenvalue weighted by atomic mass is 10.1. The third kappa shape index (κ3) is 4.92. The van der Waals surface area contributed by atoms with Crippen LogP contribution in [0, 0.1) is 0 Å². The number of carboxylic acid groups (broad SMARTS) is 1. The highest BCUT2D eigenvalue weighted by Gasteiger charge is 2.20. The molecule has 0 unspecified atom stereocenters. The van der Waals surface area contributed by atoms with Crippen molar-refractivity contribution in [3.63, 3.8) is 0 Å². The molecule has 0 spiro atoms. The minimum atomic E-state index is -4.12. The zero-order chi connectivity index (χ0) is 21.0. The number of benzene rings is 3. The van der Waals surface area contributed by atoms with Gasteiger partial charge in [-0.05, 0) is 48.5 Å². The molecule has 0 atom stereocenters. The average Bonchev–Trinajstić information content (AvgIpc) is 2.68. The second kappa shape index (κ2) is 8.34. The van der Waals surface area contributed by atoms with E-state index in [9.17, 15) is 18.0 Å². The maximum Gasteiger partial charge on any atom is 0.335 e. The number of amides is 1.